The molecule has 0 spiro atoms. The van der Waals surface area contributed by atoms with Crippen molar-refractivity contribution in [2.75, 3.05) is 6.61 Å². The normalized spacial score (nSPS) is 10.9. The standard InChI is InChI=1S/C20H18FNO5/c1-3-27-13-6-4-12(5-7-13)20(26)22-11(2)14(9-19(24)25)15-8-18(23)16(21)10-17(15)22/h4-8,10,23H,3,9H2,1-2H3,(H,24,25). The number of phenols is 1. The van der Waals surface area contributed by atoms with Gasteiger partial charge in [0.1, 0.15) is 5.75 Å². The third kappa shape index (κ3) is 3.36. The van der Waals surface area contributed by atoms with E-state index in [0.717, 1.165) is 12.1 Å². The Balaban J connectivity index is 2.17. The summed E-state index contributed by atoms with van der Waals surface area (Å²) in [5.74, 6) is -2.38. The van der Waals surface area contributed by atoms with Crippen LogP contribution in [0.5, 0.6) is 11.5 Å². The summed E-state index contributed by atoms with van der Waals surface area (Å²) in [6, 6.07) is 8.68. The summed E-state index contributed by atoms with van der Waals surface area (Å²) < 4.78 is 20.6. The number of carbonyl (C=O) groups excluding carboxylic acids is 1. The van der Waals surface area contributed by atoms with Crippen LogP contribution in [0.15, 0.2) is 36.4 Å². The highest BCUT2D eigenvalue weighted by Gasteiger charge is 2.23. The van der Waals surface area contributed by atoms with Gasteiger partial charge in [-0.25, -0.2) is 4.39 Å². The minimum Gasteiger partial charge on any atom is -0.505 e. The first kappa shape index (κ1) is 18.4. The average molecular weight is 371 g/mol. The lowest BCUT2D eigenvalue weighted by Gasteiger charge is -2.09. The van der Waals surface area contributed by atoms with Gasteiger partial charge >= 0.3 is 5.97 Å². The molecule has 0 radical (unpaired) electrons. The number of benzene rings is 2. The van der Waals surface area contributed by atoms with Gasteiger partial charge in [-0.3, -0.25) is 14.2 Å². The van der Waals surface area contributed by atoms with Crippen LogP contribution in [0.4, 0.5) is 4.39 Å². The molecule has 0 atom stereocenters. The summed E-state index contributed by atoms with van der Waals surface area (Å²) in [6.07, 6.45) is -0.350. The van der Waals surface area contributed by atoms with Gasteiger partial charge in [0, 0.05) is 22.7 Å². The van der Waals surface area contributed by atoms with Crippen molar-refractivity contribution in [1.29, 1.82) is 0 Å². The molecule has 2 aromatic carbocycles. The Kier molecular flexibility index (Phi) is 4.85. The van der Waals surface area contributed by atoms with Crippen molar-refractivity contribution < 1.29 is 28.9 Å². The van der Waals surface area contributed by atoms with Crippen LogP contribution >= 0.6 is 0 Å². The number of hydrogen-bond acceptors (Lipinski definition) is 4. The average Bonchev–Trinajstić information content (AvgIpc) is 2.87. The van der Waals surface area contributed by atoms with Crippen molar-refractivity contribution >= 4 is 22.8 Å². The Morgan fingerprint density at radius 2 is 1.85 bits per heavy atom. The lowest BCUT2D eigenvalue weighted by atomic mass is 10.1. The van der Waals surface area contributed by atoms with E-state index in [-0.39, 0.29) is 11.9 Å². The lowest BCUT2D eigenvalue weighted by molar-refractivity contribution is -0.136. The molecule has 0 bridgehead atoms. The molecule has 0 fully saturated rings. The number of ether oxygens (including phenoxy) is 1. The highest BCUT2D eigenvalue weighted by Crippen LogP contribution is 2.32. The maximum atomic E-state index is 13.9. The Morgan fingerprint density at radius 1 is 1.19 bits per heavy atom. The number of carboxylic acids is 1. The van der Waals surface area contributed by atoms with E-state index < -0.39 is 23.4 Å². The van der Waals surface area contributed by atoms with Crippen molar-refractivity contribution in [2.24, 2.45) is 0 Å². The van der Waals surface area contributed by atoms with Crippen molar-refractivity contribution in [2.45, 2.75) is 20.3 Å². The second-order valence-electron chi connectivity index (χ2n) is 6.05. The number of nitrogens with zero attached hydrogens (tertiary/aromatic N) is 1. The highest BCUT2D eigenvalue weighted by molar-refractivity contribution is 6.05. The summed E-state index contributed by atoms with van der Waals surface area (Å²) in [5.41, 5.74) is 1.29. The van der Waals surface area contributed by atoms with E-state index in [2.05, 4.69) is 0 Å². The topological polar surface area (TPSA) is 88.8 Å². The minimum atomic E-state index is -1.09. The number of aromatic nitrogens is 1. The van der Waals surface area contributed by atoms with E-state index >= 15 is 0 Å². The first-order valence-corrected chi connectivity index (χ1v) is 8.35. The van der Waals surface area contributed by atoms with Gasteiger partial charge in [-0.15, -0.1) is 0 Å². The van der Waals surface area contributed by atoms with Crippen LogP contribution in [-0.4, -0.2) is 33.3 Å². The molecule has 3 aromatic rings. The zero-order valence-corrected chi connectivity index (χ0v) is 14.8. The molecular weight excluding hydrogens is 353 g/mol. The van der Waals surface area contributed by atoms with Crippen LogP contribution < -0.4 is 4.74 Å². The van der Waals surface area contributed by atoms with Crippen molar-refractivity contribution in [1.82, 2.24) is 4.57 Å². The largest absolute Gasteiger partial charge is 0.505 e. The molecule has 1 aromatic heterocycles. The van der Waals surface area contributed by atoms with Crippen molar-refractivity contribution in [3.05, 3.63) is 59.0 Å². The first-order valence-electron chi connectivity index (χ1n) is 8.35. The van der Waals surface area contributed by atoms with Crippen molar-refractivity contribution in [3.8, 4) is 11.5 Å². The van der Waals surface area contributed by atoms with E-state index in [1.54, 1.807) is 31.2 Å². The third-order valence-corrected chi connectivity index (χ3v) is 4.35. The van der Waals surface area contributed by atoms with E-state index in [0.29, 0.717) is 34.6 Å². The summed E-state index contributed by atoms with van der Waals surface area (Å²) >= 11 is 0. The summed E-state index contributed by atoms with van der Waals surface area (Å²) in [7, 11) is 0. The molecular formula is C20H18FNO5. The van der Waals surface area contributed by atoms with E-state index in [4.69, 9.17) is 4.74 Å². The molecule has 0 unspecified atom stereocenters. The zero-order chi connectivity index (χ0) is 19.7. The molecule has 2 N–H and O–H groups in total. The molecule has 0 aliphatic rings. The number of aliphatic carboxylic acids is 1. The predicted molar refractivity (Wildman–Crippen MR) is 97.0 cm³/mol. The highest BCUT2D eigenvalue weighted by atomic mass is 19.1. The fraction of sp³-hybridized carbons (Fsp3) is 0.200. The minimum absolute atomic E-state index is 0.206. The van der Waals surface area contributed by atoms with Gasteiger partial charge in [0.05, 0.1) is 18.5 Å². The fourth-order valence-corrected chi connectivity index (χ4v) is 3.11. The van der Waals surface area contributed by atoms with E-state index in [1.165, 1.54) is 4.57 Å². The molecule has 1 heterocycles. The van der Waals surface area contributed by atoms with Gasteiger partial charge in [-0.2, -0.15) is 0 Å². The SMILES string of the molecule is CCOc1ccc(C(=O)n2c(C)c(CC(=O)O)c3cc(O)c(F)cc32)cc1. The Bertz CT molecular complexity index is 1040. The molecule has 140 valence electrons. The molecule has 0 aliphatic carbocycles. The third-order valence-electron chi connectivity index (χ3n) is 4.35. The molecule has 6 nitrogen and oxygen atoms in total. The molecule has 0 saturated carbocycles. The van der Waals surface area contributed by atoms with Gasteiger partial charge < -0.3 is 14.9 Å². The molecule has 0 aliphatic heterocycles. The quantitative estimate of drug-likeness (QED) is 0.716. The summed E-state index contributed by atoms with van der Waals surface area (Å²) in [6.45, 7) is 3.94. The Labute approximate surface area is 154 Å². The number of carboxylic acid groups (broad SMARTS) is 1. The summed E-state index contributed by atoms with van der Waals surface area (Å²) in [4.78, 5) is 24.3. The van der Waals surface area contributed by atoms with Gasteiger partial charge in [-0.05, 0) is 49.7 Å². The van der Waals surface area contributed by atoms with Gasteiger partial charge in [0.25, 0.3) is 5.91 Å². The van der Waals surface area contributed by atoms with Crippen molar-refractivity contribution in [3.63, 3.8) is 0 Å². The van der Waals surface area contributed by atoms with Crippen LogP contribution in [0.1, 0.15) is 28.5 Å². The predicted octanol–water partition coefficient (Wildman–Crippen LogP) is 3.51. The molecule has 0 saturated heterocycles. The van der Waals surface area contributed by atoms with Crippen LogP contribution in [0.25, 0.3) is 10.9 Å². The smallest absolute Gasteiger partial charge is 0.307 e. The number of fused-ring (bicyclic) bond motifs is 1. The van der Waals surface area contributed by atoms with Crippen LogP contribution in [0.3, 0.4) is 0 Å². The maximum Gasteiger partial charge on any atom is 0.307 e. The Hall–Kier alpha value is -3.35. The molecule has 0 amide bonds. The number of rotatable bonds is 5. The van der Waals surface area contributed by atoms with Gasteiger partial charge in [0.2, 0.25) is 0 Å². The zero-order valence-electron chi connectivity index (χ0n) is 14.8. The number of halogens is 1. The van der Waals surface area contributed by atoms with Crippen LogP contribution in [0, 0.1) is 12.7 Å². The number of hydrogen-bond donors (Lipinski definition) is 2. The molecule has 27 heavy (non-hydrogen) atoms. The second kappa shape index (κ2) is 7.11. The molecule has 7 heteroatoms. The molecule has 3 rings (SSSR count). The van der Waals surface area contributed by atoms with Crippen LogP contribution in [0.2, 0.25) is 0 Å². The number of phenolic OH excluding ortho intramolecular Hbond substituents is 1. The second-order valence-corrected chi connectivity index (χ2v) is 6.05. The summed E-state index contributed by atoms with van der Waals surface area (Å²) in [5, 5.41) is 19.2. The first-order chi connectivity index (χ1) is 12.8. The lowest BCUT2D eigenvalue weighted by Crippen LogP contribution is -2.14. The van der Waals surface area contributed by atoms with Crippen LogP contribution in [-0.2, 0) is 11.2 Å². The van der Waals surface area contributed by atoms with E-state index in [1.807, 2.05) is 6.92 Å². The number of aromatic hydroxyl groups is 1. The monoisotopic (exact) mass is 371 g/mol. The van der Waals surface area contributed by atoms with Gasteiger partial charge in [-0.1, -0.05) is 0 Å². The van der Waals surface area contributed by atoms with Gasteiger partial charge in [0.15, 0.2) is 11.6 Å². The fourth-order valence-electron chi connectivity index (χ4n) is 3.11. The number of carbonyl (C=O) groups is 2. The Morgan fingerprint density at radius 3 is 2.44 bits per heavy atom. The maximum absolute atomic E-state index is 13.9. The van der Waals surface area contributed by atoms with E-state index in [9.17, 15) is 24.2 Å².